The van der Waals surface area contributed by atoms with Gasteiger partial charge in [0.25, 0.3) is 5.91 Å². The molecule has 1 amide bonds. The number of amides is 1. The summed E-state index contributed by atoms with van der Waals surface area (Å²) >= 11 is 0. The smallest absolute Gasteiger partial charge is 0.251 e. The highest BCUT2D eigenvalue weighted by Crippen LogP contribution is 2.51. The van der Waals surface area contributed by atoms with E-state index in [-0.39, 0.29) is 5.91 Å². The monoisotopic (exact) mass is 261 g/mol. The Labute approximate surface area is 114 Å². The molecule has 1 fully saturated rings. The zero-order valence-corrected chi connectivity index (χ0v) is 11.9. The van der Waals surface area contributed by atoms with Gasteiger partial charge in [-0.3, -0.25) is 10.6 Å². The summed E-state index contributed by atoms with van der Waals surface area (Å²) < 4.78 is 0. The van der Waals surface area contributed by atoms with Crippen LogP contribution >= 0.6 is 0 Å². The van der Waals surface area contributed by atoms with Crippen LogP contribution in [0.25, 0.3) is 0 Å². The van der Waals surface area contributed by atoms with Gasteiger partial charge in [0.05, 0.1) is 5.69 Å². The van der Waals surface area contributed by atoms with Gasteiger partial charge in [0, 0.05) is 12.1 Å². The van der Waals surface area contributed by atoms with Crippen molar-refractivity contribution in [2.45, 2.75) is 33.6 Å². The van der Waals surface area contributed by atoms with Crippen LogP contribution in [-0.2, 0) is 0 Å². The highest BCUT2D eigenvalue weighted by Gasteiger charge is 2.45. The summed E-state index contributed by atoms with van der Waals surface area (Å²) in [6.45, 7) is 7.16. The number of aryl methyl sites for hydroxylation is 1. The molecule has 0 bridgehead atoms. The summed E-state index contributed by atoms with van der Waals surface area (Å²) in [5, 5.41) is 3.06. The van der Waals surface area contributed by atoms with Crippen LogP contribution in [0.4, 0.5) is 5.69 Å². The normalized spacial score (nSPS) is 16.3. The Morgan fingerprint density at radius 2 is 2.11 bits per heavy atom. The van der Waals surface area contributed by atoms with Crippen LogP contribution in [0.2, 0.25) is 0 Å². The Hall–Kier alpha value is -1.55. The van der Waals surface area contributed by atoms with E-state index >= 15 is 0 Å². The predicted molar refractivity (Wildman–Crippen MR) is 77.8 cm³/mol. The Morgan fingerprint density at radius 3 is 2.58 bits per heavy atom. The molecule has 0 spiro atoms. The first-order valence-electron chi connectivity index (χ1n) is 6.84. The maximum absolute atomic E-state index is 12.1. The zero-order chi connectivity index (χ0) is 14.0. The summed E-state index contributed by atoms with van der Waals surface area (Å²) in [5.41, 5.74) is 5.46. The van der Waals surface area contributed by atoms with E-state index in [0.717, 1.165) is 17.8 Å². The second-order valence-electron chi connectivity index (χ2n) is 5.87. The standard InChI is InChI=1S/C15H23N3O/c1-10(2)15(6-7-15)9-17-14(19)12-4-5-13(18-16)11(3)8-12/h4-5,8,10,18H,6-7,9,16H2,1-3H3,(H,17,19). The van der Waals surface area contributed by atoms with Crippen molar-refractivity contribution < 1.29 is 4.79 Å². The second kappa shape index (κ2) is 5.21. The average Bonchev–Trinajstić information content (AvgIpc) is 3.17. The minimum atomic E-state index is -0.00130. The molecular formula is C15H23N3O. The number of hydrogen-bond acceptors (Lipinski definition) is 3. The second-order valence-corrected chi connectivity index (χ2v) is 5.87. The third kappa shape index (κ3) is 2.89. The lowest BCUT2D eigenvalue weighted by Crippen LogP contribution is -2.32. The van der Waals surface area contributed by atoms with E-state index in [4.69, 9.17) is 5.84 Å². The van der Waals surface area contributed by atoms with Crippen LogP contribution in [0.3, 0.4) is 0 Å². The summed E-state index contributed by atoms with van der Waals surface area (Å²) in [4.78, 5) is 12.1. The number of benzene rings is 1. The Bertz CT molecular complexity index is 478. The van der Waals surface area contributed by atoms with Gasteiger partial charge in [-0.2, -0.15) is 0 Å². The van der Waals surface area contributed by atoms with Crippen LogP contribution in [0, 0.1) is 18.3 Å². The van der Waals surface area contributed by atoms with Gasteiger partial charge in [-0.25, -0.2) is 0 Å². The third-order valence-corrected chi connectivity index (χ3v) is 4.36. The first-order chi connectivity index (χ1) is 8.98. The number of nitrogens with two attached hydrogens (primary N) is 1. The lowest BCUT2D eigenvalue weighted by atomic mass is 9.92. The van der Waals surface area contributed by atoms with Gasteiger partial charge >= 0.3 is 0 Å². The first-order valence-corrected chi connectivity index (χ1v) is 6.84. The number of nitrogens with one attached hydrogen (secondary N) is 2. The van der Waals surface area contributed by atoms with Crippen molar-refractivity contribution >= 4 is 11.6 Å². The van der Waals surface area contributed by atoms with E-state index in [2.05, 4.69) is 24.6 Å². The Morgan fingerprint density at radius 1 is 1.42 bits per heavy atom. The van der Waals surface area contributed by atoms with E-state index in [1.807, 2.05) is 19.1 Å². The van der Waals surface area contributed by atoms with Gasteiger partial charge in [-0.1, -0.05) is 13.8 Å². The van der Waals surface area contributed by atoms with E-state index in [0.29, 0.717) is 16.9 Å². The van der Waals surface area contributed by atoms with Crippen LogP contribution in [0.15, 0.2) is 18.2 Å². The average molecular weight is 261 g/mol. The molecule has 1 aromatic rings. The van der Waals surface area contributed by atoms with E-state index in [1.165, 1.54) is 12.8 Å². The molecule has 1 aromatic carbocycles. The third-order valence-electron chi connectivity index (χ3n) is 4.36. The molecule has 0 unspecified atom stereocenters. The molecular weight excluding hydrogens is 238 g/mol. The van der Waals surface area contributed by atoms with Crippen molar-refractivity contribution in [2.24, 2.45) is 17.2 Å². The Kier molecular flexibility index (Phi) is 3.80. The molecule has 1 aliphatic rings. The molecule has 0 aromatic heterocycles. The number of hydrogen-bond donors (Lipinski definition) is 3. The molecule has 4 nitrogen and oxygen atoms in total. The molecule has 2 rings (SSSR count). The van der Waals surface area contributed by atoms with Crippen LogP contribution in [-0.4, -0.2) is 12.5 Å². The number of carbonyl (C=O) groups is 1. The van der Waals surface area contributed by atoms with Gasteiger partial charge in [0.1, 0.15) is 0 Å². The summed E-state index contributed by atoms with van der Waals surface area (Å²) in [5.74, 6) is 6.01. The molecule has 19 heavy (non-hydrogen) atoms. The molecule has 0 aliphatic heterocycles. The molecule has 4 heteroatoms. The molecule has 1 aliphatic carbocycles. The molecule has 1 saturated carbocycles. The summed E-state index contributed by atoms with van der Waals surface area (Å²) in [6, 6.07) is 5.49. The summed E-state index contributed by atoms with van der Waals surface area (Å²) in [6.07, 6.45) is 2.44. The van der Waals surface area contributed by atoms with Gasteiger partial charge in [-0.15, -0.1) is 0 Å². The fourth-order valence-electron chi connectivity index (χ4n) is 2.44. The number of nitrogen functional groups attached to an aromatic ring is 1. The largest absolute Gasteiger partial charge is 0.351 e. The maximum atomic E-state index is 12.1. The van der Waals surface area contributed by atoms with Gasteiger partial charge in [0.2, 0.25) is 0 Å². The fourth-order valence-corrected chi connectivity index (χ4v) is 2.44. The molecule has 0 saturated heterocycles. The van der Waals surface area contributed by atoms with Crippen LogP contribution in [0.5, 0.6) is 0 Å². The minimum absolute atomic E-state index is 0.00130. The number of rotatable bonds is 5. The van der Waals surface area contributed by atoms with Crippen LogP contribution in [0.1, 0.15) is 42.6 Å². The minimum Gasteiger partial charge on any atom is -0.351 e. The Balaban J connectivity index is 1.99. The number of carbonyl (C=O) groups excluding carboxylic acids is 1. The van der Waals surface area contributed by atoms with Crippen molar-refractivity contribution in [3.05, 3.63) is 29.3 Å². The number of anilines is 1. The van der Waals surface area contributed by atoms with E-state index in [1.54, 1.807) is 6.07 Å². The molecule has 4 N–H and O–H groups in total. The molecule has 104 valence electrons. The first kappa shape index (κ1) is 13.9. The maximum Gasteiger partial charge on any atom is 0.251 e. The van der Waals surface area contributed by atoms with Gasteiger partial charge in [-0.05, 0) is 54.9 Å². The highest BCUT2D eigenvalue weighted by atomic mass is 16.1. The van der Waals surface area contributed by atoms with E-state index in [9.17, 15) is 4.79 Å². The van der Waals surface area contributed by atoms with Gasteiger partial charge in [0.15, 0.2) is 0 Å². The van der Waals surface area contributed by atoms with Crippen molar-refractivity contribution in [3.63, 3.8) is 0 Å². The van der Waals surface area contributed by atoms with Crippen molar-refractivity contribution in [2.75, 3.05) is 12.0 Å². The highest BCUT2D eigenvalue weighted by molar-refractivity contribution is 5.94. The molecule has 0 heterocycles. The molecule has 0 radical (unpaired) electrons. The lowest BCUT2D eigenvalue weighted by Gasteiger charge is -2.20. The van der Waals surface area contributed by atoms with E-state index < -0.39 is 0 Å². The van der Waals surface area contributed by atoms with Gasteiger partial charge < -0.3 is 10.7 Å². The summed E-state index contributed by atoms with van der Waals surface area (Å²) in [7, 11) is 0. The predicted octanol–water partition coefficient (Wildman–Crippen LogP) is 2.45. The quantitative estimate of drug-likeness (QED) is 0.563. The number of hydrazine groups is 1. The zero-order valence-electron chi connectivity index (χ0n) is 11.9. The lowest BCUT2D eigenvalue weighted by molar-refractivity contribution is 0.0939. The SMILES string of the molecule is Cc1cc(C(=O)NCC2(C(C)C)CC2)ccc1NN. The fraction of sp³-hybridized carbons (Fsp3) is 0.533. The van der Waals surface area contributed by atoms with Crippen molar-refractivity contribution in [1.29, 1.82) is 0 Å². The topological polar surface area (TPSA) is 67.2 Å². The van der Waals surface area contributed by atoms with Crippen molar-refractivity contribution in [1.82, 2.24) is 5.32 Å². The van der Waals surface area contributed by atoms with Crippen LogP contribution < -0.4 is 16.6 Å². The van der Waals surface area contributed by atoms with Crippen molar-refractivity contribution in [3.8, 4) is 0 Å². The molecule has 0 atom stereocenters.